The van der Waals surface area contributed by atoms with E-state index in [2.05, 4.69) is 38.7 Å². The Morgan fingerprint density at radius 3 is 2.59 bits per heavy atom. The van der Waals surface area contributed by atoms with Crippen LogP contribution >= 0.6 is 22.9 Å². The van der Waals surface area contributed by atoms with Crippen LogP contribution in [0.5, 0.6) is 5.75 Å². The summed E-state index contributed by atoms with van der Waals surface area (Å²) in [6.45, 7) is 4.94. The number of nitrogens with one attached hydrogen (secondary N) is 2. The number of ether oxygens (including phenoxy) is 2. The molecule has 0 bridgehead atoms. The van der Waals surface area contributed by atoms with E-state index in [0.29, 0.717) is 0 Å². The molecular formula is C21H29ClN4O2S. The van der Waals surface area contributed by atoms with E-state index in [1.165, 1.54) is 10.4 Å². The lowest BCUT2D eigenvalue weighted by Gasteiger charge is -2.35. The molecule has 2 aromatic rings. The van der Waals surface area contributed by atoms with E-state index in [-0.39, 0.29) is 6.04 Å². The molecule has 2 N–H and O–H groups in total. The van der Waals surface area contributed by atoms with Crippen LogP contribution in [0.4, 0.5) is 0 Å². The maximum atomic E-state index is 6.01. The monoisotopic (exact) mass is 436 g/mol. The third-order valence-corrected chi connectivity index (χ3v) is 6.26. The number of methoxy groups -OCH3 is 1. The number of benzene rings is 1. The molecule has 3 rings (SSSR count). The summed E-state index contributed by atoms with van der Waals surface area (Å²) >= 11 is 7.63. The second kappa shape index (κ2) is 11.4. The Balaban J connectivity index is 1.58. The van der Waals surface area contributed by atoms with Gasteiger partial charge in [0.25, 0.3) is 0 Å². The molecule has 0 radical (unpaired) electrons. The SMILES string of the molecule is CN=C(NCCc1ccc(Cl)s1)NCC(c1ccc(OC)cc1)N1CCOCC1. The maximum Gasteiger partial charge on any atom is 0.191 e. The van der Waals surface area contributed by atoms with E-state index in [0.717, 1.165) is 61.9 Å². The number of thiophene rings is 1. The third kappa shape index (κ3) is 6.60. The van der Waals surface area contributed by atoms with Gasteiger partial charge in [-0.05, 0) is 36.2 Å². The van der Waals surface area contributed by atoms with Crippen LogP contribution in [-0.2, 0) is 11.2 Å². The maximum absolute atomic E-state index is 6.01. The third-order valence-electron chi connectivity index (χ3n) is 4.97. The van der Waals surface area contributed by atoms with Gasteiger partial charge >= 0.3 is 0 Å². The van der Waals surface area contributed by atoms with E-state index < -0.39 is 0 Å². The first-order valence-electron chi connectivity index (χ1n) is 9.84. The van der Waals surface area contributed by atoms with Gasteiger partial charge in [-0.15, -0.1) is 11.3 Å². The van der Waals surface area contributed by atoms with Crippen molar-refractivity contribution in [1.82, 2.24) is 15.5 Å². The number of aliphatic imine (C=N–C) groups is 1. The first kappa shape index (κ1) is 21.9. The normalized spacial score (nSPS) is 16.4. The van der Waals surface area contributed by atoms with Gasteiger partial charge in [-0.2, -0.15) is 0 Å². The molecule has 0 spiro atoms. The number of morpholine rings is 1. The standard InChI is InChI=1S/C21H29ClN4O2S/c1-23-21(24-10-9-18-7-8-20(22)29-18)25-15-19(26-11-13-28-14-12-26)16-3-5-17(27-2)6-4-16/h3-8,19H,9-15H2,1-2H3,(H2,23,24,25). The minimum atomic E-state index is 0.236. The molecule has 1 aromatic heterocycles. The molecule has 1 aromatic carbocycles. The van der Waals surface area contributed by atoms with Gasteiger partial charge in [0.05, 0.1) is 30.7 Å². The Morgan fingerprint density at radius 1 is 1.21 bits per heavy atom. The smallest absolute Gasteiger partial charge is 0.191 e. The van der Waals surface area contributed by atoms with Crippen molar-refractivity contribution < 1.29 is 9.47 Å². The average Bonchev–Trinajstić information content (AvgIpc) is 3.18. The fraction of sp³-hybridized carbons (Fsp3) is 0.476. The highest BCUT2D eigenvalue weighted by molar-refractivity contribution is 7.16. The first-order chi connectivity index (χ1) is 14.2. The van der Waals surface area contributed by atoms with Gasteiger partial charge in [0.15, 0.2) is 5.96 Å². The van der Waals surface area contributed by atoms with Crippen molar-refractivity contribution in [2.24, 2.45) is 4.99 Å². The lowest BCUT2D eigenvalue weighted by Crippen LogP contribution is -2.46. The van der Waals surface area contributed by atoms with Crippen LogP contribution in [0.2, 0.25) is 4.34 Å². The molecule has 0 aliphatic carbocycles. The van der Waals surface area contributed by atoms with Crippen molar-refractivity contribution in [3.8, 4) is 5.75 Å². The average molecular weight is 437 g/mol. The largest absolute Gasteiger partial charge is 0.497 e. The lowest BCUT2D eigenvalue weighted by molar-refractivity contribution is 0.0170. The molecule has 1 aliphatic rings. The fourth-order valence-corrected chi connectivity index (χ4v) is 4.46. The minimum Gasteiger partial charge on any atom is -0.497 e. The Bertz CT molecular complexity index is 775. The van der Waals surface area contributed by atoms with Gasteiger partial charge in [0.1, 0.15) is 5.75 Å². The van der Waals surface area contributed by atoms with Crippen molar-refractivity contribution in [2.45, 2.75) is 12.5 Å². The Labute approximate surface area is 181 Å². The van der Waals surface area contributed by atoms with E-state index in [4.69, 9.17) is 21.1 Å². The van der Waals surface area contributed by atoms with Crippen LogP contribution in [-0.4, -0.2) is 64.4 Å². The molecule has 0 saturated carbocycles. The van der Waals surface area contributed by atoms with Crippen LogP contribution in [0.25, 0.3) is 0 Å². The second-order valence-electron chi connectivity index (χ2n) is 6.77. The molecule has 1 fully saturated rings. The summed E-state index contributed by atoms with van der Waals surface area (Å²) in [5.74, 6) is 1.67. The Kier molecular flexibility index (Phi) is 8.61. The first-order valence-corrected chi connectivity index (χ1v) is 11.0. The van der Waals surface area contributed by atoms with Crippen molar-refractivity contribution in [3.63, 3.8) is 0 Å². The fourth-order valence-electron chi connectivity index (χ4n) is 3.38. The topological polar surface area (TPSA) is 58.1 Å². The molecule has 1 atom stereocenters. The highest BCUT2D eigenvalue weighted by Gasteiger charge is 2.23. The quantitative estimate of drug-likeness (QED) is 0.491. The summed E-state index contributed by atoms with van der Waals surface area (Å²) in [5.41, 5.74) is 1.25. The van der Waals surface area contributed by atoms with Gasteiger partial charge in [0.2, 0.25) is 0 Å². The Morgan fingerprint density at radius 2 is 1.97 bits per heavy atom. The van der Waals surface area contributed by atoms with Crippen LogP contribution in [0.1, 0.15) is 16.5 Å². The van der Waals surface area contributed by atoms with Gasteiger partial charge in [0, 0.05) is 38.1 Å². The van der Waals surface area contributed by atoms with Crippen LogP contribution in [0.3, 0.4) is 0 Å². The number of rotatable bonds is 8. The highest BCUT2D eigenvalue weighted by Crippen LogP contribution is 2.24. The summed E-state index contributed by atoms with van der Waals surface area (Å²) < 4.78 is 11.7. The molecule has 29 heavy (non-hydrogen) atoms. The van der Waals surface area contributed by atoms with Gasteiger partial charge in [-0.25, -0.2) is 0 Å². The summed E-state index contributed by atoms with van der Waals surface area (Å²) in [4.78, 5) is 8.09. The molecule has 1 saturated heterocycles. The van der Waals surface area contributed by atoms with E-state index >= 15 is 0 Å². The predicted octanol–water partition coefficient (Wildman–Crippen LogP) is 3.19. The molecule has 1 unspecified atom stereocenters. The summed E-state index contributed by atoms with van der Waals surface area (Å²) in [5, 5.41) is 6.88. The molecule has 6 nitrogen and oxygen atoms in total. The predicted molar refractivity (Wildman–Crippen MR) is 121 cm³/mol. The van der Waals surface area contributed by atoms with Crippen LogP contribution < -0.4 is 15.4 Å². The van der Waals surface area contributed by atoms with Crippen molar-refractivity contribution >= 4 is 28.9 Å². The highest BCUT2D eigenvalue weighted by atomic mass is 35.5. The molecule has 1 aliphatic heterocycles. The Hall–Kier alpha value is -1.80. The molecule has 0 amide bonds. The van der Waals surface area contributed by atoms with E-state index in [1.54, 1.807) is 25.5 Å². The molecule has 8 heteroatoms. The number of halogens is 1. The zero-order chi connectivity index (χ0) is 20.5. The van der Waals surface area contributed by atoms with E-state index in [9.17, 15) is 0 Å². The molecule has 158 valence electrons. The number of nitrogens with zero attached hydrogens (tertiary/aromatic N) is 2. The van der Waals surface area contributed by atoms with Crippen molar-refractivity contribution in [1.29, 1.82) is 0 Å². The zero-order valence-corrected chi connectivity index (χ0v) is 18.6. The lowest BCUT2D eigenvalue weighted by atomic mass is 10.0. The van der Waals surface area contributed by atoms with Gasteiger partial charge in [-0.1, -0.05) is 23.7 Å². The van der Waals surface area contributed by atoms with E-state index in [1.807, 2.05) is 18.2 Å². The summed E-state index contributed by atoms with van der Waals surface area (Å²) in [7, 11) is 3.49. The van der Waals surface area contributed by atoms with Crippen molar-refractivity contribution in [3.05, 3.63) is 51.2 Å². The minimum absolute atomic E-state index is 0.236. The molecular weight excluding hydrogens is 408 g/mol. The number of hydrogen-bond acceptors (Lipinski definition) is 5. The zero-order valence-electron chi connectivity index (χ0n) is 17.0. The number of hydrogen-bond donors (Lipinski definition) is 2. The van der Waals surface area contributed by atoms with Crippen LogP contribution in [0, 0.1) is 0 Å². The second-order valence-corrected chi connectivity index (χ2v) is 8.57. The summed E-state index contributed by atoms with van der Waals surface area (Å²) in [6, 6.07) is 12.6. The van der Waals surface area contributed by atoms with Gasteiger partial charge < -0.3 is 20.1 Å². The summed E-state index contributed by atoms with van der Waals surface area (Å²) in [6.07, 6.45) is 0.920. The van der Waals surface area contributed by atoms with Crippen LogP contribution in [0.15, 0.2) is 41.4 Å². The van der Waals surface area contributed by atoms with Crippen molar-refractivity contribution in [2.75, 3.05) is 53.6 Å². The molecule has 2 heterocycles. The van der Waals surface area contributed by atoms with Gasteiger partial charge in [-0.3, -0.25) is 9.89 Å². The number of guanidine groups is 1.